The van der Waals surface area contributed by atoms with Gasteiger partial charge in [0, 0.05) is 25.6 Å². The van der Waals surface area contributed by atoms with Crippen LogP contribution in [-0.2, 0) is 16.0 Å². The summed E-state index contributed by atoms with van der Waals surface area (Å²) >= 11 is 0. The van der Waals surface area contributed by atoms with E-state index in [1.54, 1.807) is 23.1 Å². The van der Waals surface area contributed by atoms with Crippen LogP contribution in [0.3, 0.4) is 0 Å². The molecule has 1 atom stereocenters. The van der Waals surface area contributed by atoms with Gasteiger partial charge in [-0.3, -0.25) is 9.59 Å². The number of hydrogen-bond acceptors (Lipinski definition) is 3. The molecule has 6 heteroatoms. The van der Waals surface area contributed by atoms with E-state index in [4.69, 9.17) is 0 Å². The Bertz CT molecular complexity index is 615. The number of amides is 2. The standard InChI is InChI=1S/C18H24N2O4/c1-2-6-16(21)19-14-8-5-10-20(12-14)17(22)11-13-7-3-4-9-15(13)18(23)24/h3-4,7,9,14H,2,5-6,8,10-12H2,1H3,(H,19,21)(H,23,24). The SMILES string of the molecule is CCCC(=O)NC1CCCN(C(=O)Cc2ccccc2C(=O)O)C1. The van der Waals surface area contributed by atoms with E-state index < -0.39 is 5.97 Å². The van der Waals surface area contributed by atoms with Crippen molar-refractivity contribution in [1.82, 2.24) is 10.2 Å². The highest BCUT2D eigenvalue weighted by Crippen LogP contribution is 2.15. The molecule has 1 unspecified atom stereocenters. The van der Waals surface area contributed by atoms with Gasteiger partial charge in [0.25, 0.3) is 0 Å². The van der Waals surface area contributed by atoms with Gasteiger partial charge in [-0.05, 0) is 30.9 Å². The average molecular weight is 332 g/mol. The van der Waals surface area contributed by atoms with Crippen LogP contribution < -0.4 is 5.32 Å². The van der Waals surface area contributed by atoms with E-state index >= 15 is 0 Å². The number of carbonyl (C=O) groups excluding carboxylic acids is 2. The highest BCUT2D eigenvalue weighted by molar-refractivity contribution is 5.91. The van der Waals surface area contributed by atoms with Crippen LogP contribution in [0.1, 0.15) is 48.5 Å². The molecule has 130 valence electrons. The lowest BCUT2D eigenvalue weighted by atomic mass is 10.0. The van der Waals surface area contributed by atoms with Crippen molar-refractivity contribution in [2.45, 2.75) is 45.1 Å². The van der Waals surface area contributed by atoms with Gasteiger partial charge in [0.15, 0.2) is 0 Å². The Morgan fingerprint density at radius 2 is 2.04 bits per heavy atom. The third-order valence-corrected chi connectivity index (χ3v) is 4.21. The fourth-order valence-electron chi connectivity index (χ4n) is 3.01. The smallest absolute Gasteiger partial charge is 0.335 e. The minimum Gasteiger partial charge on any atom is -0.478 e. The normalized spacial score (nSPS) is 17.4. The summed E-state index contributed by atoms with van der Waals surface area (Å²) < 4.78 is 0. The summed E-state index contributed by atoms with van der Waals surface area (Å²) in [5.41, 5.74) is 0.683. The van der Waals surface area contributed by atoms with Crippen molar-refractivity contribution in [1.29, 1.82) is 0 Å². The molecule has 1 saturated heterocycles. The lowest BCUT2D eigenvalue weighted by molar-refractivity contribution is -0.133. The number of carbonyl (C=O) groups is 3. The maximum Gasteiger partial charge on any atom is 0.335 e. The number of piperidine rings is 1. The number of nitrogens with zero attached hydrogens (tertiary/aromatic N) is 1. The molecule has 0 radical (unpaired) electrons. The second kappa shape index (κ2) is 8.47. The third kappa shape index (κ3) is 4.81. The van der Waals surface area contributed by atoms with E-state index in [0.29, 0.717) is 25.1 Å². The van der Waals surface area contributed by atoms with Gasteiger partial charge in [0.2, 0.25) is 11.8 Å². The summed E-state index contributed by atoms with van der Waals surface area (Å²) in [7, 11) is 0. The van der Waals surface area contributed by atoms with Crippen molar-refractivity contribution in [2.75, 3.05) is 13.1 Å². The first-order chi connectivity index (χ1) is 11.5. The summed E-state index contributed by atoms with van der Waals surface area (Å²) in [4.78, 5) is 37.2. The topological polar surface area (TPSA) is 86.7 Å². The Kier molecular flexibility index (Phi) is 6.35. The number of carboxylic acid groups (broad SMARTS) is 1. The molecule has 1 aromatic carbocycles. The molecular formula is C18H24N2O4. The molecule has 2 N–H and O–H groups in total. The number of aromatic carboxylic acids is 1. The van der Waals surface area contributed by atoms with Crippen LogP contribution in [0.5, 0.6) is 0 Å². The van der Waals surface area contributed by atoms with Crippen molar-refractivity contribution >= 4 is 17.8 Å². The fraction of sp³-hybridized carbons (Fsp3) is 0.500. The molecule has 24 heavy (non-hydrogen) atoms. The molecule has 2 rings (SSSR count). The Hall–Kier alpha value is -2.37. The van der Waals surface area contributed by atoms with E-state index in [2.05, 4.69) is 5.32 Å². The summed E-state index contributed by atoms with van der Waals surface area (Å²) in [6.45, 7) is 3.09. The molecule has 0 aromatic heterocycles. The third-order valence-electron chi connectivity index (χ3n) is 4.21. The van der Waals surface area contributed by atoms with Crippen LogP contribution in [0, 0.1) is 0 Å². The summed E-state index contributed by atoms with van der Waals surface area (Å²) in [5, 5.41) is 12.2. The quantitative estimate of drug-likeness (QED) is 0.832. The highest BCUT2D eigenvalue weighted by atomic mass is 16.4. The molecule has 2 amide bonds. The largest absolute Gasteiger partial charge is 0.478 e. The first kappa shape index (κ1) is 18.0. The first-order valence-corrected chi connectivity index (χ1v) is 8.39. The number of likely N-dealkylation sites (tertiary alicyclic amines) is 1. The predicted octanol–water partition coefficient (Wildman–Crippen LogP) is 1.83. The number of hydrogen-bond donors (Lipinski definition) is 2. The number of nitrogens with one attached hydrogen (secondary N) is 1. The van der Waals surface area contributed by atoms with Crippen molar-refractivity contribution < 1.29 is 19.5 Å². The Labute approximate surface area is 141 Å². The molecule has 1 aromatic rings. The van der Waals surface area contributed by atoms with Crippen molar-refractivity contribution in [3.8, 4) is 0 Å². The molecule has 0 saturated carbocycles. The molecule has 1 fully saturated rings. The second-order valence-corrected chi connectivity index (χ2v) is 6.14. The van der Waals surface area contributed by atoms with Crippen LogP contribution >= 0.6 is 0 Å². The average Bonchev–Trinajstić information content (AvgIpc) is 2.55. The van der Waals surface area contributed by atoms with E-state index in [0.717, 1.165) is 19.3 Å². The monoisotopic (exact) mass is 332 g/mol. The molecule has 0 aliphatic carbocycles. The minimum atomic E-state index is -1.03. The zero-order valence-electron chi connectivity index (χ0n) is 14.0. The van der Waals surface area contributed by atoms with E-state index in [-0.39, 0.29) is 29.8 Å². The van der Waals surface area contributed by atoms with Crippen molar-refractivity contribution in [3.05, 3.63) is 35.4 Å². The molecule has 1 aliphatic rings. The number of rotatable bonds is 6. The minimum absolute atomic E-state index is 0.0172. The lowest BCUT2D eigenvalue weighted by Gasteiger charge is -2.33. The van der Waals surface area contributed by atoms with E-state index in [1.165, 1.54) is 6.07 Å². The molecule has 1 heterocycles. The number of carboxylic acids is 1. The van der Waals surface area contributed by atoms with Gasteiger partial charge >= 0.3 is 5.97 Å². The Morgan fingerprint density at radius 1 is 1.29 bits per heavy atom. The van der Waals surface area contributed by atoms with Crippen LogP contribution in [0.4, 0.5) is 0 Å². The molecule has 1 aliphatic heterocycles. The van der Waals surface area contributed by atoms with E-state index in [1.807, 2.05) is 6.92 Å². The van der Waals surface area contributed by atoms with Gasteiger partial charge in [0.05, 0.1) is 12.0 Å². The number of benzene rings is 1. The second-order valence-electron chi connectivity index (χ2n) is 6.14. The van der Waals surface area contributed by atoms with Crippen molar-refractivity contribution in [2.24, 2.45) is 0 Å². The van der Waals surface area contributed by atoms with Gasteiger partial charge in [-0.25, -0.2) is 4.79 Å². The summed E-state index contributed by atoms with van der Waals surface area (Å²) in [6, 6.07) is 6.55. The fourth-order valence-corrected chi connectivity index (χ4v) is 3.01. The zero-order valence-corrected chi connectivity index (χ0v) is 14.0. The predicted molar refractivity (Wildman–Crippen MR) is 89.8 cm³/mol. The Balaban J connectivity index is 1.97. The maximum atomic E-state index is 12.5. The molecule has 0 bridgehead atoms. The van der Waals surface area contributed by atoms with Crippen LogP contribution in [0.2, 0.25) is 0 Å². The Morgan fingerprint density at radius 3 is 2.75 bits per heavy atom. The van der Waals surface area contributed by atoms with Gasteiger partial charge in [0.1, 0.15) is 0 Å². The van der Waals surface area contributed by atoms with Crippen LogP contribution in [-0.4, -0.2) is 46.9 Å². The van der Waals surface area contributed by atoms with E-state index in [9.17, 15) is 19.5 Å². The van der Waals surface area contributed by atoms with Crippen molar-refractivity contribution in [3.63, 3.8) is 0 Å². The van der Waals surface area contributed by atoms with Gasteiger partial charge in [-0.2, -0.15) is 0 Å². The molecule has 0 spiro atoms. The molecular weight excluding hydrogens is 308 g/mol. The zero-order chi connectivity index (χ0) is 17.5. The van der Waals surface area contributed by atoms with Crippen LogP contribution in [0.25, 0.3) is 0 Å². The van der Waals surface area contributed by atoms with Gasteiger partial charge < -0.3 is 15.3 Å². The molecule has 6 nitrogen and oxygen atoms in total. The summed E-state index contributed by atoms with van der Waals surface area (Å²) in [5.74, 6) is -1.10. The van der Waals surface area contributed by atoms with Crippen LogP contribution in [0.15, 0.2) is 24.3 Å². The lowest BCUT2D eigenvalue weighted by Crippen LogP contribution is -2.50. The van der Waals surface area contributed by atoms with Gasteiger partial charge in [-0.15, -0.1) is 0 Å². The summed E-state index contributed by atoms with van der Waals surface area (Å²) in [6.07, 6.45) is 3.07. The first-order valence-electron chi connectivity index (χ1n) is 8.39. The van der Waals surface area contributed by atoms with Gasteiger partial charge in [-0.1, -0.05) is 25.1 Å². The highest BCUT2D eigenvalue weighted by Gasteiger charge is 2.25. The maximum absolute atomic E-state index is 12.5.